The molecular weight excluding hydrogens is 306 g/mol. The van der Waals surface area contributed by atoms with E-state index in [2.05, 4.69) is 66.2 Å². The fourth-order valence-corrected chi connectivity index (χ4v) is 4.04. The Balaban J connectivity index is 0.000000880. The van der Waals surface area contributed by atoms with E-state index < -0.39 is 0 Å². The Hall–Kier alpha value is -2.06. The van der Waals surface area contributed by atoms with Crippen molar-refractivity contribution in [1.82, 2.24) is 4.57 Å². The van der Waals surface area contributed by atoms with Gasteiger partial charge in [0, 0.05) is 29.1 Å². The number of aryl methyl sites for hydroxylation is 1. The summed E-state index contributed by atoms with van der Waals surface area (Å²) in [7, 11) is 0. The fourth-order valence-electron chi connectivity index (χ4n) is 4.04. The molecule has 25 heavy (non-hydrogen) atoms. The summed E-state index contributed by atoms with van der Waals surface area (Å²) >= 11 is 0. The Kier molecular flexibility index (Phi) is 5.29. The molecule has 1 heterocycles. The van der Waals surface area contributed by atoms with Crippen molar-refractivity contribution >= 4 is 10.9 Å². The summed E-state index contributed by atoms with van der Waals surface area (Å²) in [4.78, 5) is 0. The van der Waals surface area contributed by atoms with Crippen LogP contribution in [0.3, 0.4) is 0 Å². The van der Waals surface area contributed by atoms with Crippen molar-refractivity contribution in [3.63, 3.8) is 0 Å². The zero-order valence-corrected chi connectivity index (χ0v) is 15.6. The number of fused-ring (bicyclic) bond motifs is 1. The molecule has 0 amide bonds. The highest BCUT2D eigenvalue weighted by molar-refractivity contribution is 5.86. The van der Waals surface area contributed by atoms with Gasteiger partial charge in [0.2, 0.25) is 0 Å². The van der Waals surface area contributed by atoms with Crippen molar-refractivity contribution in [2.75, 3.05) is 6.61 Å². The van der Waals surface area contributed by atoms with Gasteiger partial charge in [-0.2, -0.15) is 0 Å². The Bertz CT molecular complexity index is 825. The van der Waals surface area contributed by atoms with E-state index >= 15 is 0 Å². The van der Waals surface area contributed by atoms with E-state index in [1.54, 1.807) is 0 Å². The van der Waals surface area contributed by atoms with Crippen molar-refractivity contribution in [2.24, 2.45) is 0 Å². The van der Waals surface area contributed by atoms with Crippen molar-refractivity contribution in [1.29, 1.82) is 0 Å². The van der Waals surface area contributed by atoms with Gasteiger partial charge in [-0.1, -0.05) is 68.3 Å². The summed E-state index contributed by atoms with van der Waals surface area (Å²) in [5.74, 6) is 0. The van der Waals surface area contributed by atoms with Gasteiger partial charge in [-0.3, -0.25) is 0 Å². The average molecular weight is 335 g/mol. The van der Waals surface area contributed by atoms with Gasteiger partial charge in [-0.25, -0.2) is 0 Å². The van der Waals surface area contributed by atoms with Crippen LogP contribution in [0.1, 0.15) is 49.8 Å². The maximum Gasteiger partial charge on any atom is 0.0610 e. The minimum absolute atomic E-state index is 0.147. The van der Waals surface area contributed by atoms with Gasteiger partial charge in [-0.05, 0) is 37.0 Å². The van der Waals surface area contributed by atoms with Crippen LogP contribution in [0, 0.1) is 6.92 Å². The molecule has 3 aromatic rings. The molecule has 132 valence electrons. The van der Waals surface area contributed by atoms with Gasteiger partial charge in [0.05, 0.1) is 6.61 Å². The molecule has 1 saturated carbocycles. The predicted octanol–water partition coefficient (Wildman–Crippen LogP) is 5.44. The van der Waals surface area contributed by atoms with Gasteiger partial charge in [-0.15, -0.1) is 0 Å². The Labute approximate surface area is 151 Å². The lowest BCUT2D eigenvalue weighted by atomic mass is 9.60. The lowest BCUT2D eigenvalue weighted by Crippen LogP contribution is -2.35. The molecule has 1 aliphatic carbocycles. The van der Waals surface area contributed by atoms with Gasteiger partial charge in [0.1, 0.15) is 0 Å². The molecule has 0 bridgehead atoms. The van der Waals surface area contributed by atoms with Crippen LogP contribution in [-0.4, -0.2) is 16.3 Å². The van der Waals surface area contributed by atoms with Crippen LogP contribution in [0.15, 0.2) is 54.7 Å². The Morgan fingerprint density at radius 2 is 1.68 bits per heavy atom. The zero-order chi connectivity index (χ0) is 17.9. The summed E-state index contributed by atoms with van der Waals surface area (Å²) in [5, 5.41) is 10.7. The van der Waals surface area contributed by atoms with Gasteiger partial charge in [0.25, 0.3) is 0 Å². The van der Waals surface area contributed by atoms with Crippen molar-refractivity contribution in [2.45, 2.75) is 52.0 Å². The SMILES string of the molecule is CC.Cc1ccc(C2(c3cn(CCO)c4ccccc34)CCC2)cc1. The van der Waals surface area contributed by atoms with E-state index in [1.165, 1.54) is 46.9 Å². The first-order chi connectivity index (χ1) is 12.2. The van der Waals surface area contributed by atoms with Crippen LogP contribution in [0.5, 0.6) is 0 Å². The number of hydrogen-bond acceptors (Lipinski definition) is 1. The largest absolute Gasteiger partial charge is 0.395 e. The number of aliphatic hydroxyl groups excluding tert-OH is 1. The summed E-state index contributed by atoms with van der Waals surface area (Å²) < 4.78 is 2.21. The maximum atomic E-state index is 9.39. The minimum Gasteiger partial charge on any atom is -0.395 e. The quantitative estimate of drug-likeness (QED) is 0.675. The van der Waals surface area contributed by atoms with E-state index in [9.17, 15) is 5.11 Å². The van der Waals surface area contributed by atoms with Crippen LogP contribution in [0.4, 0.5) is 0 Å². The first-order valence-electron chi connectivity index (χ1n) is 9.51. The molecule has 1 aliphatic rings. The lowest BCUT2D eigenvalue weighted by molar-refractivity contribution is 0.276. The van der Waals surface area contributed by atoms with Crippen LogP contribution in [0.2, 0.25) is 0 Å². The van der Waals surface area contributed by atoms with Gasteiger partial charge in [0.15, 0.2) is 0 Å². The topological polar surface area (TPSA) is 25.2 Å². The second kappa shape index (κ2) is 7.45. The first-order valence-corrected chi connectivity index (χ1v) is 9.51. The van der Waals surface area contributed by atoms with Crippen LogP contribution in [0.25, 0.3) is 10.9 Å². The number of hydrogen-bond donors (Lipinski definition) is 1. The van der Waals surface area contributed by atoms with E-state index in [0.717, 1.165) is 0 Å². The summed E-state index contributed by atoms with van der Waals surface area (Å²) in [6.07, 6.45) is 5.99. The predicted molar refractivity (Wildman–Crippen MR) is 106 cm³/mol. The van der Waals surface area contributed by atoms with Gasteiger partial charge < -0.3 is 9.67 Å². The summed E-state index contributed by atoms with van der Waals surface area (Å²) in [6, 6.07) is 17.6. The van der Waals surface area contributed by atoms with Crippen LogP contribution < -0.4 is 0 Å². The van der Waals surface area contributed by atoms with Crippen molar-refractivity contribution in [3.8, 4) is 0 Å². The van der Waals surface area contributed by atoms with E-state index in [1.807, 2.05) is 13.8 Å². The highest BCUT2D eigenvalue weighted by atomic mass is 16.3. The van der Waals surface area contributed by atoms with E-state index in [0.29, 0.717) is 6.54 Å². The number of rotatable bonds is 4. The van der Waals surface area contributed by atoms with E-state index in [-0.39, 0.29) is 12.0 Å². The molecule has 1 N–H and O–H groups in total. The number of nitrogens with zero attached hydrogens (tertiary/aromatic N) is 1. The van der Waals surface area contributed by atoms with Gasteiger partial charge >= 0.3 is 0 Å². The number of benzene rings is 2. The molecule has 0 spiro atoms. The molecule has 0 radical (unpaired) electrons. The molecular formula is C23H29NO. The molecule has 4 rings (SSSR count). The third kappa shape index (κ3) is 3.00. The lowest BCUT2D eigenvalue weighted by Gasteiger charge is -2.43. The van der Waals surface area contributed by atoms with Crippen molar-refractivity contribution in [3.05, 3.63) is 71.4 Å². The van der Waals surface area contributed by atoms with Crippen LogP contribution in [-0.2, 0) is 12.0 Å². The summed E-state index contributed by atoms with van der Waals surface area (Å²) in [6.45, 7) is 6.98. The molecule has 2 heteroatoms. The third-order valence-corrected chi connectivity index (χ3v) is 5.46. The molecule has 2 nitrogen and oxygen atoms in total. The Morgan fingerprint density at radius 1 is 1.00 bits per heavy atom. The van der Waals surface area contributed by atoms with E-state index in [4.69, 9.17) is 0 Å². The Morgan fingerprint density at radius 3 is 2.28 bits per heavy atom. The summed E-state index contributed by atoms with van der Waals surface area (Å²) in [5.41, 5.74) is 5.55. The second-order valence-electron chi connectivity index (χ2n) is 6.78. The zero-order valence-electron chi connectivity index (χ0n) is 15.6. The second-order valence-corrected chi connectivity index (χ2v) is 6.78. The van der Waals surface area contributed by atoms with Crippen LogP contribution >= 0.6 is 0 Å². The highest BCUT2D eigenvalue weighted by Crippen LogP contribution is 2.51. The molecule has 0 unspecified atom stereocenters. The molecule has 0 aliphatic heterocycles. The van der Waals surface area contributed by atoms with Crippen molar-refractivity contribution < 1.29 is 5.11 Å². The molecule has 0 saturated heterocycles. The number of aromatic nitrogens is 1. The minimum atomic E-state index is 0.147. The third-order valence-electron chi connectivity index (χ3n) is 5.46. The number of aliphatic hydroxyl groups is 1. The smallest absolute Gasteiger partial charge is 0.0610 e. The standard InChI is InChI=1S/C21H23NO.C2H6/c1-16-7-9-17(10-8-16)21(11-4-12-21)19-15-22(13-14-23)20-6-3-2-5-18(19)20;1-2/h2-3,5-10,15,23H,4,11-14H2,1H3;1-2H3. The molecule has 0 atom stereocenters. The average Bonchev–Trinajstić information content (AvgIpc) is 2.97. The molecule has 1 aromatic heterocycles. The normalized spacial score (nSPS) is 15.4. The molecule has 2 aromatic carbocycles. The fraction of sp³-hybridized carbons (Fsp3) is 0.391. The maximum absolute atomic E-state index is 9.39. The monoisotopic (exact) mass is 335 g/mol. The first kappa shape index (κ1) is 17.8. The highest BCUT2D eigenvalue weighted by Gasteiger charge is 2.42. The number of para-hydroxylation sites is 1. The molecule has 1 fully saturated rings.